The fourth-order valence-corrected chi connectivity index (χ4v) is 9.58. The van der Waals surface area contributed by atoms with Crippen molar-refractivity contribution in [3.8, 4) is 17.6 Å². The van der Waals surface area contributed by atoms with Crippen LogP contribution in [0.4, 0.5) is 11.6 Å². The third-order valence-electron chi connectivity index (χ3n) is 12.3. The van der Waals surface area contributed by atoms with Gasteiger partial charge in [0, 0.05) is 80.3 Å². The molecule has 1 N–H and O–H groups in total. The average molecular weight is 805 g/mol. The number of carbonyl (C=O) groups is 1. The van der Waals surface area contributed by atoms with E-state index in [1.165, 1.54) is 5.56 Å². The van der Waals surface area contributed by atoms with Gasteiger partial charge in [-0.3, -0.25) is 18.4 Å². The van der Waals surface area contributed by atoms with Gasteiger partial charge in [0.25, 0.3) is 0 Å². The molecular weight excluding hydrogens is 743 g/mol. The van der Waals surface area contributed by atoms with Crippen LogP contribution in [0, 0.1) is 13.8 Å². The van der Waals surface area contributed by atoms with E-state index in [1.54, 1.807) is 32.2 Å². The molecule has 3 unspecified atom stereocenters. The van der Waals surface area contributed by atoms with E-state index < -0.39 is 5.54 Å². The lowest BCUT2D eigenvalue weighted by Gasteiger charge is -2.59. The third-order valence-corrected chi connectivity index (χ3v) is 12.3. The summed E-state index contributed by atoms with van der Waals surface area (Å²) in [5.74, 6) is 3.97. The van der Waals surface area contributed by atoms with Crippen molar-refractivity contribution >= 4 is 17.5 Å². The molecule has 0 bridgehead atoms. The summed E-state index contributed by atoms with van der Waals surface area (Å²) in [6.07, 6.45) is 19.5. The minimum absolute atomic E-state index is 0.00793. The highest BCUT2D eigenvalue weighted by molar-refractivity contribution is 5.78. The molecule has 7 rings (SSSR count). The smallest absolute Gasteiger partial charge is 0.240 e. The van der Waals surface area contributed by atoms with Crippen LogP contribution < -0.4 is 19.4 Å². The van der Waals surface area contributed by atoms with Crippen molar-refractivity contribution in [3.05, 3.63) is 90.3 Å². The van der Waals surface area contributed by atoms with Crippen molar-refractivity contribution in [2.24, 2.45) is 0 Å². The number of ether oxygens (including phenoxy) is 2. The van der Waals surface area contributed by atoms with Crippen molar-refractivity contribution in [1.29, 1.82) is 0 Å². The van der Waals surface area contributed by atoms with Crippen molar-refractivity contribution < 1.29 is 14.3 Å². The average Bonchev–Trinajstić information content (AvgIpc) is 3.99. The zero-order valence-electron chi connectivity index (χ0n) is 35.8. The molecule has 3 atom stereocenters. The summed E-state index contributed by atoms with van der Waals surface area (Å²) in [4.78, 5) is 46.6. The number of nitrogens with zero attached hydrogens (tertiary/aromatic N) is 10. The maximum absolute atomic E-state index is 14.7. The second-order valence-corrected chi connectivity index (χ2v) is 16.5. The van der Waals surface area contributed by atoms with Crippen molar-refractivity contribution in [1.82, 2.24) is 48.8 Å². The number of methoxy groups -OCH3 is 1. The monoisotopic (exact) mass is 805 g/mol. The Morgan fingerprint density at radius 2 is 1.71 bits per heavy atom. The van der Waals surface area contributed by atoms with Crippen LogP contribution in [0.25, 0.3) is 11.9 Å². The Labute approximate surface area is 349 Å². The molecule has 2 fully saturated rings. The van der Waals surface area contributed by atoms with Crippen LogP contribution in [0.5, 0.6) is 5.75 Å². The number of quaternary nitrogens is 1. The zero-order valence-corrected chi connectivity index (χ0v) is 35.8. The number of hydrogen-bond acceptors (Lipinski definition) is 10. The van der Waals surface area contributed by atoms with Gasteiger partial charge in [-0.25, -0.2) is 19.9 Å². The third kappa shape index (κ3) is 9.18. The van der Waals surface area contributed by atoms with Crippen molar-refractivity contribution in [3.63, 3.8) is 0 Å². The van der Waals surface area contributed by atoms with E-state index >= 15 is 0 Å². The molecule has 0 aliphatic carbocycles. The number of nitrogens with one attached hydrogen (secondary N) is 1. The molecule has 4 aromatic heterocycles. The van der Waals surface area contributed by atoms with Gasteiger partial charge in [0.05, 0.1) is 32.7 Å². The van der Waals surface area contributed by atoms with E-state index in [-0.39, 0.29) is 18.1 Å². The van der Waals surface area contributed by atoms with Gasteiger partial charge in [0.2, 0.25) is 23.6 Å². The second kappa shape index (κ2) is 18.8. The van der Waals surface area contributed by atoms with Crippen LogP contribution in [0.1, 0.15) is 94.7 Å². The Morgan fingerprint density at radius 3 is 2.39 bits per heavy atom. The van der Waals surface area contributed by atoms with Crippen LogP contribution in [0.2, 0.25) is 0 Å². The molecule has 1 aromatic carbocycles. The fraction of sp³-hybridized carbons (Fsp3) is 0.533. The fourth-order valence-electron chi connectivity index (χ4n) is 9.58. The van der Waals surface area contributed by atoms with Crippen LogP contribution in [0.3, 0.4) is 0 Å². The Hall–Kier alpha value is -5.21. The quantitative estimate of drug-likeness (QED) is 0.0801. The van der Waals surface area contributed by atoms with Gasteiger partial charge >= 0.3 is 0 Å². The predicted molar refractivity (Wildman–Crippen MR) is 230 cm³/mol. The molecule has 5 aromatic rings. The Kier molecular flexibility index (Phi) is 13.4. The number of rotatable bonds is 17. The molecule has 2 saturated heterocycles. The van der Waals surface area contributed by atoms with Crippen LogP contribution in [-0.2, 0) is 22.4 Å². The van der Waals surface area contributed by atoms with E-state index in [0.29, 0.717) is 36.0 Å². The van der Waals surface area contributed by atoms with Gasteiger partial charge in [-0.15, -0.1) is 0 Å². The highest BCUT2D eigenvalue weighted by Gasteiger charge is 2.59. The van der Waals surface area contributed by atoms with E-state index in [2.05, 4.69) is 59.2 Å². The minimum Gasteiger partial charge on any atom is -0.497 e. The molecule has 6 heterocycles. The molecule has 314 valence electrons. The normalized spacial score (nSPS) is 20.9. The summed E-state index contributed by atoms with van der Waals surface area (Å²) in [7, 11) is 1.70. The number of amides is 1. The molecule has 0 radical (unpaired) electrons. The molecule has 0 spiro atoms. The van der Waals surface area contributed by atoms with Gasteiger partial charge in [-0.05, 0) is 90.3 Å². The molecular formula is C45H62N11O3+. The predicted octanol–water partition coefficient (Wildman–Crippen LogP) is 6.68. The maximum atomic E-state index is 14.7. The van der Waals surface area contributed by atoms with Gasteiger partial charge in [-0.1, -0.05) is 19.1 Å². The van der Waals surface area contributed by atoms with E-state index in [4.69, 9.17) is 29.4 Å². The van der Waals surface area contributed by atoms with Gasteiger partial charge in [0.1, 0.15) is 35.8 Å². The second-order valence-electron chi connectivity index (χ2n) is 16.5. The summed E-state index contributed by atoms with van der Waals surface area (Å²) in [5.41, 5.74) is 3.57. The highest BCUT2D eigenvalue weighted by atomic mass is 16.5. The number of likely N-dealkylation sites (tertiary alicyclic amines) is 1. The summed E-state index contributed by atoms with van der Waals surface area (Å²) < 4.78 is 15.8. The summed E-state index contributed by atoms with van der Waals surface area (Å²) >= 11 is 0. The Bertz CT molecular complexity index is 2120. The van der Waals surface area contributed by atoms with Crippen LogP contribution in [-0.4, -0.2) is 103 Å². The Morgan fingerprint density at radius 1 is 0.966 bits per heavy atom. The van der Waals surface area contributed by atoms with E-state index in [0.717, 1.165) is 112 Å². The molecule has 1 amide bonds. The molecule has 2 aliphatic heterocycles. The SMILES string of the molecule is CCc1c(C)nc(-n2ccnc2)nc1N1CCCCC1(CC(=O)NCCCOC(C)C)C1CCCC[N+]1(CCc1ccc(OC)cc1)c1cc(C)nc(-n2ccnc2)n1. The first-order chi connectivity index (χ1) is 28.7. The number of aromatic nitrogens is 8. The number of benzene rings is 1. The van der Waals surface area contributed by atoms with E-state index in [9.17, 15) is 4.79 Å². The lowest BCUT2D eigenvalue weighted by Crippen LogP contribution is -2.75. The van der Waals surface area contributed by atoms with Gasteiger partial charge in [0.15, 0.2) is 0 Å². The number of anilines is 1. The number of carbonyl (C=O) groups excluding carboxylic acids is 1. The zero-order chi connectivity index (χ0) is 41.4. The number of piperidine rings is 2. The number of hydrogen-bond donors (Lipinski definition) is 1. The maximum Gasteiger partial charge on any atom is 0.240 e. The first-order valence-corrected chi connectivity index (χ1v) is 21.5. The van der Waals surface area contributed by atoms with E-state index in [1.807, 2.05) is 47.5 Å². The topological polar surface area (TPSA) is 138 Å². The van der Waals surface area contributed by atoms with Crippen molar-refractivity contribution in [2.45, 2.75) is 117 Å². The molecule has 59 heavy (non-hydrogen) atoms. The molecule has 2 aliphatic rings. The molecule has 14 nitrogen and oxygen atoms in total. The lowest BCUT2D eigenvalue weighted by molar-refractivity contribution is -0.123. The van der Waals surface area contributed by atoms with Crippen molar-refractivity contribution in [2.75, 3.05) is 44.8 Å². The first-order valence-electron chi connectivity index (χ1n) is 21.5. The Balaban J connectivity index is 1.40. The minimum atomic E-state index is -0.609. The number of aryl methyl sites for hydroxylation is 2. The molecule has 0 saturated carbocycles. The highest BCUT2D eigenvalue weighted by Crippen LogP contribution is 2.48. The summed E-state index contributed by atoms with van der Waals surface area (Å²) in [5, 5.41) is 3.34. The van der Waals surface area contributed by atoms with Gasteiger partial charge in [-0.2, -0.15) is 9.97 Å². The first kappa shape index (κ1) is 41.9. The number of imidazole rings is 2. The summed E-state index contributed by atoms with van der Waals surface area (Å²) in [6.45, 7) is 14.0. The standard InChI is InChI=1S/C45H61N11O3/c1-7-38-35(5)50-44(54-25-22-47-32-54)52-42(38)55-23-10-9-19-45(55,30-41(57)48-20-12-28-59-33(2)3)39-13-8-11-26-56(39,27-18-36-14-16-37(58-6)17-15-36)40-29-34(4)49-43(51-40)53-24-21-46-31-53/h14-17,21-22,24-25,29,31-33,39H,7-13,18-20,23,26-28,30H2,1-6H3/p+1. The molecule has 14 heteroatoms. The van der Waals surface area contributed by atoms with Crippen LogP contribution >= 0.6 is 0 Å². The lowest BCUT2D eigenvalue weighted by atomic mass is 9.71. The largest absolute Gasteiger partial charge is 0.497 e. The summed E-state index contributed by atoms with van der Waals surface area (Å²) in [6, 6.07) is 10.6. The van der Waals surface area contributed by atoms with Crippen LogP contribution in [0.15, 0.2) is 67.8 Å². The van der Waals surface area contributed by atoms with Gasteiger partial charge < -0.3 is 19.7 Å².